The summed E-state index contributed by atoms with van der Waals surface area (Å²) in [5, 5.41) is 21.2. The van der Waals surface area contributed by atoms with E-state index in [-0.39, 0.29) is 16.7 Å². The molecule has 0 aromatic heterocycles. The highest BCUT2D eigenvalue weighted by Crippen LogP contribution is 2.67. The quantitative estimate of drug-likeness (QED) is 0.479. The van der Waals surface area contributed by atoms with Gasteiger partial charge in [-0.2, -0.15) is 0 Å². The third-order valence-electron chi connectivity index (χ3n) is 10.7. The molecule has 0 bridgehead atoms. The molecule has 180 valence electrons. The van der Waals surface area contributed by atoms with Crippen molar-refractivity contribution in [2.75, 3.05) is 0 Å². The molecule has 2 N–H and O–H groups in total. The maximum Gasteiger partial charge on any atom is 0.159 e. The molecular formula is C29H46O3. The average molecular weight is 443 g/mol. The first-order chi connectivity index (χ1) is 14.9. The summed E-state index contributed by atoms with van der Waals surface area (Å²) in [6, 6.07) is 0. The number of fused-ring (bicyclic) bond motifs is 5. The van der Waals surface area contributed by atoms with E-state index in [0.29, 0.717) is 35.9 Å². The maximum atomic E-state index is 13.6. The van der Waals surface area contributed by atoms with E-state index >= 15 is 0 Å². The van der Waals surface area contributed by atoms with Gasteiger partial charge in [0.25, 0.3) is 0 Å². The summed E-state index contributed by atoms with van der Waals surface area (Å²) in [5.41, 5.74) is 0.201. The van der Waals surface area contributed by atoms with Crippen LogP contribution in [0.25, 0.3) is 0 Å². The van der Waals surface area contributed by atoms with Crippen LogP contribution in [0.4, 0.5) is 0 Å². The summed E-state index contributed by atoms with van der Waals surface area (Å²) in [6.45, 7) is 14.9. The highest BCUT2D eigenvalue weighted by atomic mass is 16.3. The molecule has 0 aromatic rings. The fourth-order valence-electron chi connectivity index (χ4n) is 8.51. The molecule has 0 saturated heterocycles. The molecule has 0 aromatic carbocycles. The Morgan fingerprint density at radius 2 is 1.91 bits per heavy atom. The molecule has 0 heterocycles. The zero-order valence-electron chi connectivity index (χ0n) is 21.1. The van der Waals surface area contributed by atoms with Crippen LogP contribution in [0.15, 0.2) is 24.3 Å². The number of carbonyl (C=O) groups is 1. The molecule has 0 spiro atoms. The fourth-order valence-corrected chi connectivity index (χ4v) is 8.51. The first-order valence-electron chi connectivity index (χ1n) is 13.2. The van der Waals surface area contributed by atoms with E-state index < -0.39 is 11.2 Å². The lowest BCUT2D eigenvalue weighted by atomic mass is 9.46. The van der Waals surface area contributed by atoms with Gasteiger partial charge < -0.3 is 10.2 Å². The molecule has 0 aliphatic heterocycles. The van der Waals surface area contributed by atoms with Crippen molar-refractivity contribution in [3.63, 3.8) is 0 Å². The second-order valence-electron chi connectivity index (χ2n) is 13.0. The van der Waals surface area contributed by atoms with Gasteiger partial charge in [0.1, 0.15) is 0 Å². The molecule has 3 fully saturated rings. The van der Waals surface area contributed by atoms with Gasteiger partial charge in [0.05, 0.1) is 11.2 Å². The molecule has 3 saturated carbocycles. The van der Waals surface area contributed by atoms with Crippen LogP contribution in [0.3, 0.4) is 0 Å². The van der Waals surface area contributed by atoms with Crippen LogP contribution in [-0.4, -0.2) is 27.2 Å². The van der Waals surface area contributed by atoms with Crippen molar-refractivity contribution in [1.82, 2.24) is 0 Å². The van der Waals surface area contributed by atoms with Gasteiger partial charge in [0.15, 0.2) is 5.78 Å². The van der Waals surface area contributed by atoms with E-state index in [9.17, 15) is 15.0 Å². The van der Waals surface area contributed by atoms with Gasteiger partial charge in [-0.25, -0.2) is 0 Å². The molecule has 4 aliphatic carbocycles. The highest BCUT2D eigenvalue weighted by Gasteiger charge is 2.62. The predicted octanol–water partition coefficient (Wildman–Crippen LogP) is 6.24. The zero-order valence-corrected chi connectivity index (χ0v) is 21.1. The maximum absolute atomic E-state index is 13.6. The second-order valence-corrected chi connectivity index (χ2v) is 13.0. The predicted molar refractivity (Wildman–Crippen MR) is 130 cm³/mol. The molecule has 3 nitrogen and oxygen atoms in total. The molecule has 0 amide bonds. The minimum Gasteiger partial charge on any atom is -0.390 e. The molecule has 4 aliphatic rings. The number of hydrogen-bond acceptors (Lipinski definition) is 3. The summed E-state index contributed by atoms with van der Waals surface area (Å²) >= 11 is 0. The lowest BCUT2D eigenvalue weighted by molar-refractivity contribution is -0.136. The summed E-state index contributed by atoms with van der Waals surface area (Å²) < 4.78 is 0. The minimum atomic E-state index is -0.644. The minimum absolute atomic E-state index is 0.0676. The average Bonchev–Trinajstić information content (AvgIpc) is 3.06. The largest absolute Gasteiger partial charge is 0.390 e. The van der Waals surface area contributed by atoms with Crippen molar-refractivity contribution in [2.45, 2.75) is 110 Å². The van der Waals surface area contributed by atoms with Crippen molar-refractivity contribution in [3.05, 3.63) is 24.3 Å². The Morgan fingerprint density at radius 1 is 1.19 bits per heavy atom. The fraction of sp³-hybridized carbons (Fsp3) is 0.828. The summed E-state index contributed by atoms with van der Waals surface area (Å²) in [5.74, 6) is 2.31. The number of aliphatic hydroxyl groups is 2. The van der Waals surface area contributed by atoms with Crippen LogP contribution in [0.1, 0.15) is 98.8 Å². The number of hydrogen-bond donors (Lipinski definition) is 2. The van der Waals surface area contributed by atoms with Gasteiger partial charge in [0, 0.05) is 5.92 Å². The van der Waals surface area contributed by atoms with Gasteiger partial charge in [-0.05, 0) is 119 Å². The van der Waals surface area contributed by atoms with Crippen LogP contribution in [-0.2, 0) is 4.79 Å². The number of ketones is 1. The smallest absolute Gasteiger partial charge is 0.159 e. The topological polar surface area (TPSA) is 57.5 Å². The Morgan fingerprint density at radius 3 is 2.53 bits per heavy atom. The Kier molecular flexibility index (Phi) is 6.11. The lowest BCUT2D eigenvalue weighted by Crippen LogP contribution is -2.55. The molecule has 8 atom stereocenters. The van der Waals surface area contributed by atoms with E-state index in [2.05, 4.69) is 33.4 Å². The number of allylic oxidation sites excluding steroid dienone is 2. The Bertz CT molecular complexity index is 791. The molecule has 4 rings (SSSR count). The lowest BCUT2D eigenvalue weighted by Gasteiger charge is -2.58. The van der Waals surface area contributed by atoms with Crippen LogP contribution in [0.5, 0.6) is 0 Å². The highest BCUT2D eigenvalue weighted by molar-refractivity contribution is 5.94. The van der Waals surface area contributed by atoms with E-state index in [4.69, 9.17) is 0 Å². The monoisotopic (exact) mass is 442 g/mol. The third kappa shape index (κ3) is 3.86. The Balaban J connectivity index is 1.60. The van der Waals surface area contributed by atoms with E-state index in [1.54, 1.807) is 0 Å². The third-order valence-corrected chi connectivity index (χ3v) is 10.7. The zero-order chi connectivity index (χ0) is 23.5. The first-order valence-corrected chi connectivity index (χ1v) is 13.2. The van der Waals surface area contributed by atoms with E-state index in [1.165, 1.54) is 18.4 Å². The molecule has 32 heavy (non-hydrogen) atoms. The van der Waals surface area contributed by atoms with Crippen molar-refractivity contribution in [1.29, 1.82) is 0 Å². The van der Waals surface area contributed by atoms with Crippen LogP contribution < -0.4 is 0 Å². The second kappa shape index (κ2) is 8.08. The molecule has 3 heteroatoms. The normalized spacial score (nSPS) is 44.8. The van der Waals surface area contributed by atoms with Gasteiger partial charge >= 0.3 is 0 Å². The van der Waals surface area contributed by atoms with Crippen molar-refractivity contribution in [3.8, 4) is 0 Å². The first kappa shape index (κ1) is 24.2. The number of rotatable bonds is 6. The molecular weight excluding hydrogens is 396 g/mol. The SMILES string of the molecule is C=C[C@H](CCC(C)(C)O)[C@H]1CC[C@H]2[C@@H]3C(=O)C=C4C[C@](O)(CC)CCC4(C)[C@H]3CC[C@]12C. The molecule has 0 radical (unpaired) electrons. The Labute approximate surface area is 195 Å². The van der Waals surface area contributed by atoms with Crippen LogP contribution in [0.2, 0.25) is 0 Å². The van der Waals surface area contributed by atoms with Crippen LogP contribution in [0, 0.1) is 40.4 Å². The summed E-state index contributed by atoms with van der Waals surface area (Å²) in [4.78, 5) is 13.6. The Hall–Kier alpha value is -0.930. The summed E-state index contributed by atoms with van der Waals surface area (Å²) in [7, 11) is 0. The molecule has 1 unspecified atom stereocenters. The van der Waals surface area contributed by atoms with E-state index in [0.717, 1.165) is 44.9 Å². The van der Waals surface area contributed by atoms with Crippen LogP contribution >= 0.6 is 0 Å². The van der Waals surface area contributed by atoms with Crippen molar-refractivity contribution < 1.29 is 15.0 Å². The van der Waals surface area contributed by atoms with Crippen molar-refractivity contribution >= 4 is 5.78 Å². The van der Waals surface area contributed by atoms with Gasteiger partial charge in [-0.1, -0.05) is 32.4 Å². The van der Waals surface area contributed by atoms with E-state index in [1.807, 2.05) is 19.9 Å². The van der Waals surface area contributed by atoms with Gasteiger partial charge in [0.2, 0.25) is 0 Å². The standard InChI is InChI=1S/C29H46O3/c1-7-19(11-13-26(3,4)31)21-9-10-22-25-23(12-14-28(21,22)6)27(5)15-16-29(32,8-2)18-20(27)17-24(25)30/h7,17,19,21-23,25,31-32H,1,8-16,18H2,2-6H3/t19-,21-,22+,23+,25+,27?,28-,29+/m1/s1. The van der Waals surface area contributed by atoms with Gasteiger partial charge in [-0.15, -0.1) is 6.58 Å². The van der Waals surface area contributed by atoms with Gasteiger partial charge in [-0.3, -0.25) is 4.79 Å². The summed E-state index contributed by atoms with van der Waals surface area (Å²) in [6.07, 6.45) is 13.8. The van der Waals surface area contributed by atoms with Crippen molar-refractivity contribution in [2.24, 2.45) is 40.4 Å². The number of carbonyl (C=O) groups excluding carboxylic acids is 1.